The van der Waals surface area contributed by atoms with Crippen LogP contribution in [0.5, 0.6) is 0 Å². The highest BCUT2D eigenvalue weighted by Crippen LogP contribution is 2.28. The third-order valence-corrected chi connectivity index (χ3v) is 3.35. The van der Waals surface area contributed by atoms with Crippen molar-refractivity contribution in [2.75, 3.05) is 28.6 Å². The summed E-state index contributed by atoms with van der Waals surface area (Å²) in [6.07, 6.45) is 0. The maximum atomic E-state index is 8.33. The second-order valence-corrected chi connectivity index (χ2v) is 4.52. The van der Waals surface area contributed by atoms with E-state index in [0.717, 1.165) is 24.5 Å². The van der Waals surface area contributed by atoms with Crippen molar-refractivity contribution in [1.82, 2.24) is 0 Å². The molecule has 2 aromatic carbocycles. The first-order chi connectivity index (χ1) is 9.27. The number of nitrogens with one attached hydrogen (secondary N) is 1. The zero-order valence-electron chi connectivity index (χ0n) is 11.0. The van der Waals surface area contributed by atoms with Gasteiger partial charge in [-0.25, -0.2) is 0 Å². The van der Waals surface area contributed by atoms with Crippen molar-refractivity contribution >= 4 is 35.4 Å². The summed E-state index contributed by atoms with van der Waals surface area (Å²) >= 11 is 0. The Bertz CT molecular complexity index is 600. The van der Waals surface area contributed by atoms with Crippen LogP contribution in [-0.4, -0.2) is 19.0 Å². The van der Waals surface area contributed by atoms with Crippen LogP contribution in [0.1, 0.15) is 0 Å². The van der Waals surface area contributed by atoms with Crippen molar-refractivity contribution in [3.05, 3.63) is 54.6 Å². The van der Waals surface area contributed by atoms with E-state index in [0.29, 0.717) is 11.6 Å². The molecule has 1 fully saturated rings. The lowest BCUT2D eigenvalue weighted by Crippen LogP contribution is -2.32. The topological polar surface area (TPSA) is 56.4 Å². The number of nitrogens with two attached hydrogens (primary N) is 1. The van der Waals surface area contributed by atoms with Gasteiger partial charge in [0.15, 0.2) is 0 Å². The van der Waals surface area contributed by atoms with E-state index in [2.05, 4.69) is 0 Å². The normalized spacial score (nSPS) is 14.3. The van der Waals surface area contributed by atoms with Gasteiger partial charge in [0.25, 0.3) is 0 Å². The molecule has 0 aliphatic carbocycles. The van der Waals surface area contributed by atoms with E-state index in [-0.39, 0.29) is 12.4 Å². The van der Waals surface area contributed by atoms with Gasteiger partial charge in [0.1, 0.15) is 0 Å². The van der Waals surface area contributed by atoms with Gasteiger partial charge >= 0.3 is 0 Å². The van der Waals surface area contributed by atoms with Crippen molar-refractivity contribution in [2.45, 2.75) is 0 Å². The molecule has 0 spiro atoms. The number of hydrogen-bond donors (Lipinski definition) is 2. The van der Waals surface area contributed by atoms with Gasteiger partial charge in [-0.05, 0) is 24.3 Å². The Hall–Kier alpha value is -2.20. The van der Waals surface area contributed by atoms with Crippen LogP contribution in [-0.2, 0) is 0 Å². The van der Waals surface area contributed by atoms with Crippen LogP contribution in [0.2, 0.25) is 0 Å². The van der Waals surface area contributed by atoms with Crippen molar-refractivity contribution < 1.29 is 0 Å². The van der Waals surface area contributed by atoms with Gasteiger partial charge in [-0.2, -0.15) is 0 Å². The summed E-state index contributed by atoms with van der Waals surface area (Å²) in [4.78, 5) is 3.94. The fourth-order valence-corrected chi connectivity index (χ4v) is 2.38. The highest BCUT2D eigenvalue weighted by molar-refractivity contribution is 6.08. The summed E-state index contributed by atoms with van der Waals surface area (Å²) in [7, 11) is 0. The zero-order valence-corrected chi connectivity index (χ0v) is 11.8. The van der Waals surface area contributed by atoms with Crippen LogP contribution in [0.25, 0.3) is 0 Å². The fraction of sp³-hybridized carbons (Fsp3) is 0.133. The van der Waals surface area contributed by atoms with E-state index < -0.39 is 0 Å². The van der Waals surface area contributed by atoms with Crippen LogP contribution in [0, 0.1) is 5.41 Å². The average Bonchev–Trinajstić information content (AvgIpc) is 2.82. The van der Waals surface area contributed by atoms with Crippen molar-refractivity contribution in [1.29, 1.82) is 5.41 Å². The molecule has 0 atom stereocenters. The summed E-state index contributed by atoms with van der Waals surface area (Å²) in [6.45, 7) is 1.58. The molecule has 1 heterocycles. The summed E-state index contributed by atoms with van der Waals surface area (Å²) < 4.78 is 0. The summed E-state index contributed by atoms with van der Waals surface area (Å²) in [5, 5.41) is 8.33. The third-order valence-electron chi connectivity index (χ3n) is 3.35. The molecule has 104 valence electrons. The van der Waals surface area contributed by atoms with Crippen LogP contribution in [0.4, 0.5) is 17.1 Å². The Morgan fingerprint density at radius 2 is 1.45 bits per heavy atom. The van der Waals surface area contributed by atoms with Gasteiger partial charge in [-0.1, -0.05) is 30.3 Å². The first-order valence-corrected chi connectivity index (χ1v) is 6.30. The summed E-state index contributed by atoms with van der Waals surface area (Å²) in [5.74, 6) is 0.476. The van der Waals surface area contributed by atoms with E-state index in [1.54, 1.807) is 0 Å². The molecular formula is C15H17ClN4. The van der Waals surface area contributed by atoms with E-state index in [9.17, 15) is 0 Å². The van der Waals surface area contributed by atoms with Gasteiger partial charge in [-0.3, -0.25) is 5.41 Å². The molecule has 1 saturated heterocycles. The van der Waals surface area contributed by atoms with Crippen LogP contribution in [0.3, 0.4) is 0 Å². The lowest BCUT2D eigenvalue weighted by molar-refractivity contribution is 1.03. The lowest BCUT2D eigenvalue weighted by Gasteiger charge is -2.22. The molecule has 0 amide bonds. The maximum Gasteiger partial charge on any atom is 0.203 e. The number of hydrogen-bond acceptors (Lipinski definition) is 2. The Morgan fingerprint density at radius 3 is 2.15 bits per heavy atom. The Labute approximate surface area is 124 Å². The molecule has 1 aliphatic heterocycles. The standard InChI is InChI=1S/C15H16N4.ClH/c16-13-8-4-5-9-14(13)19-11-10-18(15(19)17)12-6-2-1-3-7-12;/h1-9,17H,10-11,16H2;1H. The zero-order chi connectivity index (χ0) is 13.2. The number of benzene rings is 2. The van der Waals surface area contributed by atoms with Gasteiger partial charge in [0.2, 0.25) is 5.96 Å². The molecule has 0 saturated carbocycles. The SMILES string of the molecule is Cl.N=C1N(c2ccccc2)CCN1c1ccccc1N. The molecule has 4 nitrogen and oxygen atoms in total. The van der Waals surface area contributed by atoms with Gasteiger partial charge in [-0.15, -0.1) is 12.4 Å². The predicted octanol–water partition coefficient (Wildman–Crippen LogP) is 2.95. The van der Waals surface area contributed by atoms with Crippen LogP contribution < -0.4 is 15.5 Å². The largest absolute Gasteiger partial charge is 0.397 e. The number of rotatable bonds is 2. The second-order valence-electron chi connectivity index (χ2n) is 4.52. The Balaban J connectivity index is 0.00000147. The monoisotopic (exact) mass is 288 g/mol. The molecule has 0 bridgehead atoms. The van der Waals surface area contributed by atoms with Gasteiger partial charge in [0.05, 0.1) is 11.4 Å². The Kier molecular flexibility index (Phi) is 4.15. The smallest absolute Gasteiger partial charge is 0.203 e. The van der Waals surface area contributed by atoms with E-state index in [1.807, 2.05) is 64.4 Å². The van der Waals surface area contributed by atoms with Gasteiger partial charge in [0, 0.05) is 18.8 Å². The molecule has 0 unspecified atom stereocenters. The molecule has 3 N–H and O–H groups in total. The number of nitrogen functional groups attached to an aromatic ring is 1. The fourth-order valence-electron chi connectivity index (χ4n) is 2.38. The van der Waals surface area contributed by atoms with Crippen LogP contribution in [0.15, 0.2) is 54.6 Å². The molecule has 2 aromatic rings. The minimum Gasteiger partial charge on any atom is -0.397 e. The van der Waals surface area contributed by atoms with Crippen LogP contribution >= 0.6 is 12.4 Å². The van der Waals surface area contributed by atoms with Gasteiger partial charge < -0.3 is 15.5 Å². The number of halogens is 1. The summed E-state index contributed by atoms with van der Waals surface area (Å²) in [6, 6.07) is 17.7. The third kappa shape index (κ3) is 2.42. The molecule has 5 heteroatoms. The number of nitrogens with zero attached hydrogens (tertiary/aromatic N) is 2. The molecular weight excluding hydrogens is 272 g/mol. The minimum atomic E-state index is 0. The molecule has 0 radical (unpaired) electrons. The molecule has 1 aliphatic rings. The second kappa shape index (κ2) is 5.84. The van der Waals surface area contributed by atoms with Crippen molar-refractivity contribution in [3.8, 4) is 0 Å². The minimum absolute atomic E-state index is 0. The molecule has 0 aromatic heterocycles. The van der Waals surface area contributed by atoms with Crippen molar-refractivity contribution in [2.24, 2.45) is 0 Å². The maximum absolute atomic E-state index is 8.33. The molecule has 20 heavy (non-hydrogen) atoms. The number of guanidine groups is 1. The van der Waals surface area contributed by atoms with E-state index in [1.165, 1.54) is 0 Å². The first-order valence-electron chi connectivity index (χ1n) is 6.30. The lowest BCUT2D eigenvalue weighted by atomic mass is 10.2. The first kappa shape index (κ1) is 14.2. The number of anilines is 3. The van der Waals surface area contributed by atoms with E-state index >= 15 is 0 Å². The Morgan fingerprint density at radius 1 is 0.850 bits per heavy atom. The quantitative estimate of drug-likeness (QED) is 0.836. The predicted molar refractivity (Wildman–Crippen MR) is 87.0 cm³/mol. The highest BCUT2D eigenvalue weighted by Gasteiger charge is 2.28. The summed E-state index contributed by atoms with van der Waals surface area (Å²) in [5.41, 5.74) is 8.65. The van der Waals surface area contributed by atoms with E-state index in [4.69, 9.17) is 11.1 Å². The average molecular weight is 289 g/mol. The number of para-hydroxylation sites is 3. The molecule has 3 rings (SSSR count). The highest BCUT2D eigenvalue weighted by atomic mass is 35.5. The van der Waals surface area contributed by atoms with Crippen molar-refractivity contribution in [3.63, 3.8) is 0 Å².